The number of aromatic nitrogens is 3. The molecular formula is C29H39N7O4. The van der Waals surface area contributed by atoms with E-state index in [1.165, 1.54) is 12.4 Å². The number of pyridine rings is 1. The Morgan fingerprint density at radius 1 is 1.23 bits per heavy atom. The highest BCUT2D eigenvalue weighted by Gasteiger charge is 2.49. The smallest absolute Gasteiger partial charge is 0.271 e. The molecule has 0 amide bonds. The minimum absolute atomic E-state index is 0.0136. The number of hydrogen-bond donors (Lipinski definition) is 4. The molecule has 4 rings (SSSR count). The van der Waals surface area contributed by atoms with Crippen LogP contribution in [0.25, 0.3) is 5.70 Å². The largest absolute Gasteiger partial charge is 0.477 e. The number of ether oxygens (including phenoxy) is 1. The molecule has 0 aliphatic heterocycles. The lowest BCUT2D eigenvalue weighted by Crippen LogP contribution is -2.45. The van der Waals surface area contributed by atoms with Crippen LogP contribution in [0.2, 0.25) is 0 Å². The summed E-state index contributed by atoms with van der Waals surface area (Å²) in [5, 5.41) is 3.14. The van der Waals surface area contributed by atoms with Gasteiger partial charge in [0, 0.05) is 36.0 Å². The van der Waals surface area contributed by atoms with E-state index in [0.717, 1.165) is 32.2 Å². The fourth-order valence-electron chi connectivity index (χ4n) is 5.44. The van der Waals surface area contributed by atoms with Crippen molar-refractivity contribution in [2.75, 3.05) is 25.9 Å². The Kier molecular flexibility index (Phi) is 9.46. The molecule has 0 unspecified atom stereocenters. The van der Waals surface area contributed by atoms with Gasteiger partial charge in [-0.05, 0) is 70.5 Å². The predicted octanol–water partition coefficient (Wildman–Crippen LogP) is 3.06. The number of rotatable bonds is 10. The summed E-state index contributed by atoms with van der Waals surface area (Å²) in [5.41, 5.74) is 12.1. The normalized spacial score (nSPS) is 21.6. The molecule has 2 aliphatic carbocycles. The highest BCUT2D eigenvalue weighted by atomic mass is 16.5. The van der Waals surface area contributed by atoms with Crippen molar-refractivity contribution >= 4 is 35.0 Å². The fraction of sp³-hybridized carbons (Fsp3) is 0.517. The second-order valence-electron chi connectivity index (χ2n) is 10.8. The van der Waals surface area contributed by atoms with E-state index in [9.17, 15) is 14.4 Å². The zero-order valence-corrected chi connectivity index (χ0v) is 23.3. The Balaban J connectivity index is 1.68. The highest BCUT2D eigenvalue weighted by Crippen LogP contribution is 2.45. The first-order valence-corrected chi connectivity index (χ1v) is 14.0. The number of nitrogen functional groups attached to an aromatic ring is 1. The number of aliphatic imine (C=N–C) groups is 1. The van der Waals surface area contributed by atoms with Crippen LogP contribution in [-0.2, 0) is 9.59 Å². The number of nitrogens with zero attached hydrogens (tertiary/aromatic N) is 3. The summed E-state index contributed by atoms with van der Waals surface area (Å²) in [5.74, 6) is 0.719. The standard InChI is InChI=1S/C29H39N7O4/c1-18(7-6-13-32-2)17-40-23-15-22(34-16-19-10-14-33-28(39)24(19)30)35-27(36-23)25(31)20-8-5-12-29(26(20)38)11-4-3-9-21(29)37/h10,14-16,18,32H,3-9,11-13,17,30-31H2,1-2H3,(H,33,39)/b25-20-,34-16+/t18-,29+/m0/s1. The van der Waals surface area contributed by atoms with Gasteiger partial charge in [-0.25, -0.2) is 9.98 Å². The van der Waals surface area contributed by atoms with Gasteiger partial charge in [-0.3, -0.25) is 14.4 Å². The van der Waals surface area contributed by atoms with Gasteiger partial charge >= 0.3 is 0 Å². The Morgan fingerprint density at radius 2 is 2.02 bits per heavy atom. The number of nitrogens with one attached hydrogen (secondary N) is 2. The maximum Gasteiger partial charge on any atom is 0.271 e. The molecule has 1 spiro atoms. The number of ketones is 2. The summed E-state index contributed by atoms with van der Waals surface area (Å²) >= 11 is 0. The van der Waals surface area contributed by atoms with Crippen molar-refractivity contribution in [3.63, 3.8) is 0 Å². The number of nitrogens with two attached hydrogens (primary N) is 2. The van der Waals surface area contributed by atoms with Crippen molar-refractivity contribution in [1.82, 2.24) is 20.3 Å². The predicted molar refractivity (Wildman–Crippen MR) is 154 cm³/mol. The van der Waals surface area contributed by atoms with Gasteiger partial charge in [-0.1, -0.05) is 13.3 Å². The molecule has 2 saturated carbocycles. The number of hydrogen-bond acceptors (Lipinski definition) is 10. The van der Waals surface area contributed by atoms with E-state index >= 15 is 0 Å². The summed E-state index contributed by atoms with van der Waals surface area (Å²) in [6.45, 7) is 3.45. The van der Waals surface area contributed by atoms with Gasteiger partial charge in [0.1, 0.15) is 11.5 Å². The molecular weight excluding hydrogens is 510 g/mol. The third-order valence-electron chi connectivity index (χ3n) is 7.79. The number of H-pyrrole nitrogens is 1. The minimum Gasteiger partial charge on any atom is -0.477 e. The summed E-state index contributed by atoms with van der Waals surface area (Å²) in [6.07, 6.45) is 9.27. The Morgan fingerprint density at radius 3 is 2.80 bits per heavy atom. The topological polar surface area (TPSA) is 178 Å². The number of allylic oxidation sites excluding steroid dienone is 1. The quantitative estimate of drug-likeness (QED) is 0.150. The van der Waals surface area contributed by atoms with Crippen LogP contribution >= 0.6 is 0 Å². The summed E-state index contributed by atoms with van der Waals surface area (Å²) in [4.78, 5) is 54.5. The maximum absolute atomic E-state index is 13.7. The molecule has 6 N–H and O–H groups in total. The number of anilines is 1. The van der Waals surface area contributed by atoms with Crippen LogP contribution in [0.4, 0.5) is 11.5 Å². The SMILES string of the molecule is CNCCC[C@H](C)COc1cc(/N=C/c2cc[nH]c(=O)c2N)nc(/C(N)=C2\CCC[C@@]3(CCCCC3=O)C2=O)n1. The number of aromatic amines is 1. The monoisotopic (exact) mass is 549 g/mol. The zero-order valence-electron chi connectivity index (χ0n) is 23.3. The molecule has 2 aromatic rings. The van der Waals surface area contributed by atoms with Crippen LogP contribution < -0.4 is 27.1 Å². The van der Waals surface area contributed by atoms with Gasteiger partial charge in [-0.15, -0.1) is 0 Å². The molecule has 2 aliphatic rings. The zero-order chi connectivity index (χ0) is 28.7. The average molecular weight is 550 g/mol. The molecule has 2 atom stereocenters. The molecule has 11 heteroatoms. The van der Waals surface area contributed by atoms with E-state index < -0.39 is 11.0 Å². The van der Waals surface area contributed by atoms with Crippen LogP contribution in [0.5, 0.6) is 5.88 Å². The number of carbonyl (C=O) groups is 2. The van der Waals surface area contributed by atoms with Crippen molar-refractivity contribution in [2.45, 2.75) is 64.7 Å². The van der Waals surface area contributed by atoms with Gasteiger partial charge in [0.25, 0.3) is 5.56 Å². The fourth-order valence-corrected chi connectivity index (χ4v) is 5.44. The van der Waals surface area contributed by atoms with E-state index in [2.05, 4.69) is 32.2 Å². The first kappa shape index (κ1) is 29.1. The molecule has 0 aromatic carbocycles. The van der Waals surface area contributed by atoms with Crippen molar-refractivity contribution < 1.29 is 14.3 Å². The summed E-state index contributed by atoms with van der Waals surface area (Å²) in [6, 6.07) is 3.21. The lowest BCUT2D eigenvalue weighted by atomic mass is 9.62. The Hall–Kier alpha value is -3.86. The summed E-state index contributed by atoms with van der Waals surface area (Å²) < 4.78 is 6.02. The van der Waals surface area contributed by atoms with E-state index in [4.69, 9.17) is 16.2 Å². The van der Waals surface area contributed by atoms with Crippen LogP contribution in [0.3, 0.4) is 0 Å². The highest BCUT2D eigenvalue weighted by molar-refractivity contribution is 6.17. The molecule has 0 bridgehead atoms. The van der Waals surface area contributed by atoms with E-state index in [1.54, 1.807) is 12.1 Å². The van der Waals surface area contributed by atoms with Crippen molar-refractivity contribution in [3.05, 3.63) is 45.6 Å². The molecule has 2 heterocycles. The maximum atomic E-state index is 13.7. The van der Waals surface area contributed by atoms with Gasteiger partial charge in [0.2, 0.25) is 5.88 Å². The van der Waals surface area contributed by atoms with E-state index in [0.29, 0.717) is 49.8 Å². The third kappa shape index (κ3) is 6.47. The lowest BCUT2D eigenvalue weighted by Gasteiger charge is -2.38. The second-order valence-corrected chi connectivity index (χ2v) is 10.8. The lowest BCUT2D eigenvalue weighted by molar-refractivity contribution is -0.143. The van der Waals surface area contributed by atoms with Crippen LogP contribution in [-0.4, -0.2) is 52.9 Å². The third-order valence-corrected chi connectivity index (χ3v) is 7.79. The molecule has 214 valence electrons. The minimum atomic E-state index is -0.980. The van der Waals surface area contributed by atoms with Crippen LogP contribution in [0.1, 0.15) is 76.1 Å². The molecule has 11 nitrogen and oxygen atoms in total. The number of Topliss-reactive ketones (excluding diaryl/α,β-unsaturated/α-hetero) is 2. The average Bonchev–Trinajstić information content (AvgIpc) is 2.95. The van der Waals surface area contributed by atoms with Crippen molar-refractivity contribution in [3.8, 4) is 5.88 Å². The molecule has 0 saturated heterocycles. The first-order valence-electron chi connectivity index (χ1n) is 14.0. The van der Waals surface area contributed by atoms with Gasteiger partial charge in [0.05, 0.1) is 17.7 Å². The van der Waals surface area contributed by atoms with Crippen LogP contribution in [0.15, 0.2) is 33.7 Å². The van der Waals surface area contributed by atoms with Crippen molar-refractivity contribution in [1.29, 1.82) is 0 Å². The van der Waals surface area contributed by atoms with E-state index in [-0.39, 0.29) is 46.4 Å². The van der Waals surface area contributed by atoms with E-state index in [1.807, 2.05) is 7.05 Å². The molecule has 2 aromatic heterocycles. The molecule has 2 fully saturated rings. The van der Waals surface area contributed by atoms with Gasteiger partial charge in [-0.2, -0.15) is 4.98 Å². The summed E-state index contributed by atoms with van der Waals surface area (Å²) in [7, 11) is 1.92. The van der Waals surface area contributed by atoms with Gasteiger partial charge in [0.15, 0.2) is 17.4 Å². The van der Waals surface area contributed by atoms with Crippen molar-refractivity contribution in [2.24, 2.45) is 22.1 Å². The molecule has 40 heavy (non-hydrogen) atoms. The Labute approximate surface area is 233 Å². The van der Waals surface area contributed by atoms with Crippen LogP contribution in [0, 0.1) is 11.3 Å². The van der Waals surface area contributed by atoms with Gasteiger partial charge < -0.3 is 26.5 Å². The number of carbonyl (C=O) groups excluding carboxylic acids is 2. The second kappa shape index (κ2) is 13.0. The first-order chi connectivity index (χ1) is 19.2. The molecule has 0 radical (unpaired) electrons. The Bertz CT molecular complexity index is 1360.